The second kappa shape index (κ2) is 8.76. The molecule has 2 atom stereocenters. The van der Waals surface area contributed by atoms with Gasteiger partial charge in [0.2, 0.25) is 10.0 Å². The molecule has 2 aliphatic rings. The largest absolute Gasteiger partial charge is 0.508 e. The average molecular weight is 449 g/mol. The first-order valence-electron chi connectivity index (χ1n) is 10.6. The molecule has 0 radical (unpaired) electrons. The minimum Gasteiger partial charge on any atom is -0.508 e. The van der Waals surface area contributed by atoms with E-state index in [9.17, 15) is 17.9 Å². The van der Waals surface area contributed by atoms with Gasteiger partial charge in [-0.1, -0.05) is 18.2 Å². The summed E-state index contributed by atoms with van der Waals surface area (Å²) in [5.74, 6) is 1.06. The summed E-state index contributed by atoms with van der Waals surface area (Å²) in [5.41, 5.74) is 2.69. The highest BCUT2D eigenvalue weighted by Crippen LogP contribution is 2.40. The van der Waals surface area contributed by atoms with Crippen LogP contribution in [0.4, 0.5) is 4.39 Å². The van der Waals surface area contributed by atoms with E-state index in [0.717, 1.165) is 36.3 Å². The molecule has 168 valence electrons. The predicted octanol–water partition coefficient (Wildman–Crippen LogP) is 2.97. The van der Waals surface area contributed by atoms with Crippen molar-refractivity contribution in [2.24, 2.45) is 5.92 Å². The van der Waals surface area contributed by atoms with E-state index in [-0.39, 0.29) is 24.4 Å². The summed E-state index contributed by atoms with van der Waals surface area (Å²) < 4.78 is 45.2. The van der Waals surface area contributed by atoms with Gasteiger partial charge in [0.1, 0.15) is 18.1 Å². The Hall–Kier alpha value is -2.16. The minimum absolute atomic E-state index is 0.166. The lowest BCUT2D eigenvalue weighted by molar-refractivity contribution is 0.0668. The molecule has 2 aromatic rings. The van der Waals surface area contributed by atoms with E-state index in [2.05, 4.69) is 4.90 Å². The number of hydrogen-bond acceptors (Lipinski definition) is 5. The zero-order valence-corrected chi connectivity index (χ0v) is 18.7. The molecule has 2 aliphatic heterocycles. The summed E-state index contributed by atoms with van der Waals surface area (Å²) in [6.07, 6.45) is 1.79. The third-order valence-corrected chi connectivity index (χ3v) is 7.47. The van der Waals surface area contributed by atoms with Crippen molar-refractivity contribution in [1.29, 1.82) is 0 Å². The molecule has 6 nitrogen and oxygen atoms in total. The monoisotopic (exact) mass is 448 g/mol. The van der Waals surface area contributed by atoms with Crippen LogP contribution in [0.15, 0.2) is 42.5 Å². The fourth-order valence-corrected chi connectivity index (χ4v) is 6.02. The highest BCUT2D eigenvalue weighted by atomic mass is 32.2. The third kappa shape index (κ3) is 4.71. The number of alkyl halides is 1. The number of benzene rings is 2. The van der Waals surface area contributed by atoms with Crippen LogP contribution in [-0.4, -0.2) is 67.9 Å². The molecule has 2 heterocycles. The summed E-state index contributed by atoms with van der Waals surface area (Å²) in [6.45, 7) is 4.49. The van der Waals surface area contributed by atoms with Gasteiger partial charge < -0.3 is 9.84 Å². The lowest BCUT2D eigenvalue weighted by atomic mass is 9.87. The molecule has 8 heteroatoms. The van der Waals surface area contributed by atoms with Crippen molar-refractivity contribution in [3.63, 3.8) is 0 Å². The van der Waals surface area contributed by atoms with Crippen LogP contribution >= 0.6 is 0 Å². The van der Waals surface area contributed by atoms with Gasteiger partial charge >= 0.3 is 0 Å². The van der Waals surface area contributed by atoms with E-state index in [1.807, 2.05) is 37.3 Å². The number of rotatable bonds is 7. The maximum Gasteiger partial charge on any atom is 0.212 e. The predicted molar refractivity (Wildman–Crippen MR) is 118 cm³/mol. The molecule has 4 rings (SSSR count). The Balaban J connectivity index is 1.52. The second-order valence-electron chi connectivity index (χ2n) is 8.63. The van der Waals surface area contributed by atoms with Gasteiger partial charge in [-0.15, -0.1) is 0 Å². The van der Waals surface area contributed by atoms with Gasteiger partial charge in [-0.05, 0) is 54.3 Å². The molecule has 0 aromatic heterocycles. The number of likely N-dealkylation sites (tertiary alicyclic amines) is 1. The highest BCUT2D eigenvalue weighted by Gasteiger charge is 2.38. The van der Waals surface area contributed by atoms with Crippen molar-refractivity contribution in [2.45, 2.75) is 25.4 Å². The zero-order valence-electron chi connectivity index (χ0n) is 17.9. The summed E-state index contributed by atoms with van der Waals surface area (Å²) in [5, 5.41) is 9.90. The maximum absolute atomic E-state index is 12.6. The fourth-order valence-electron chi connectivity index (χ4n) is 4.68. The molecule has 1 N–H and O–H groups in total. The van der Waals surface area contributed by atoms with Crippen molar-refractivity contribution in [3.05, 3.63) is 59.2 Å². The van der Waals surface area contributed by atoms with Crippen molar-refractivity contribution < 1.29 is 22.7 Å². The quantitative estimate of drug-likeness (QED) is 0.705. The zero-order chi connectivity index (χ0) is 22.2. The Morgan fingerprint density at radius 3 is 2.52 bits per heavy atom. The first-order valence-corrected chi connectivity index (χ1v) is 12.4. The van der Waals surface area contributed by atoms with Crippen molar-refractivity contribution in [3.8, 4) is 11.5 Å². The number of hydrogen-bond donors (Lipinski definition) is 1. The number of phenols is 1. The molecule has 0 saturated carbocycles. The number of phenolic OH excluding ortho intramolecular Hbond substituents is 1. The van der Waals surface area contributed by atoms with Gasteiger partial charge in [0, 0.05) is 31.6 Å². The lowest BCUT2D eigenvalue weighted by Crippen LogP contribution is -2.49. The number of halogens is 1. The number of nitrogens with zero attached hydrogens (tertiary/aromatic N) is 2. The van der Waals surface area contributed by atoms with E-state index in [0.29, 0.717) is 18.8 Å². The number of aromatic hydroxyl groups is 1. The molecular formula is C23H29FN2O4S. The standard InChI is InChI=1S/C23H29FN2O4S/c1-16-11-19-12-20(27)5-8-22(19)23(26(16)31(2,28)29)18-3-6-21(7-4-18)30-10-9-25-14-17(13-24)15-25/h3-8,12,16-17,23,27H,9-11,13-15H2,1-2H3/t16-,23+/m0/s1. The van der Waals surface area contributed by atoms with Crippen LogP contribution in [0.25, 0.3) is 0 Å². The summed E-state index contributed by atoms with van der Waals surface area (Å²) in [7, 11) is -3.45. The van der Waals surface area contributed by atoms with Crippen LogP contribution in [0.2, 0.25) is 0 Å². The van der Waals surface area contributed by atoms with Crippen LogP contribution in [-0.2, 0) is 16.4 Å². The first-order chi connectivity index (χ1) is 14.8. The van der Waals surface area contributed by atoms with E-state index >= 15 is 0 Å². The Morgan fingerprint density at radius 2 is 1.87 bits per heavy atom. The molecule has 1 saturated heterocycles. The molecule has 0 spiro atoms. The summed E-state index contributed by atoms with van der Waals surface area (Å²) >= 11 is 0. The molecule has 1 fully saturated rings. The molecule has 0 amide bonds. The van der Waals surface area contributed by atoms with E-state index in [1.54, 1.807) is 16.4 Å². The van der Waals surface area contributed by atoms with Crippen LogP contribution < -0.4 is 4.74 Å². The molecule has 31 heavy (non-hydrogen) atoms. The molecule has 0 unspecified atom stereocenters. The normalized spacial score (nSPS) is 22.7. The molecule has 2 aromatic carbocycles. The van der Waals surface area contributed by atoms with E-state index in [4.69, 9.17) is 4.74 Å². The van der Waals surface area contributed by atoms with Crippen LogP contribution in [0.3, 0.4) is 0 Å². The van der Waals surface area contributed by atoms with Gasteiger partial charge in [0.25, 0.3) is 0 Å². The summed E-state index contributed by atoms with van der Waals surface area (Å²) in [4.78, 5) is 2.17. The first kappa shape index (κ1) is 22.0. The van der Waals surface area contributed by atoms with Crippen LogP contribution in [0.1, 0.15) is 29.7 Å². The fraction of sp³-hybridized carbons (Fsp3) is 0.478. The number of sulfonamides is 1. The van der Waals surface area contributed by atoms with Crippen LogP contribution in [0, 0.1) is 5.92 Å². The Labute approximate surface area is 183 Å². The summed E-state index contributed by atoms with van der Waals surface area (Å²) in [6, 6.07) is 12.0. The van der Waals surface area contributed by atoms with Gasteiger partial charge in [0.05, 0.1) is 19.0 Å². The topological polar surface area (TPSA) is 70.1 Å². The SMILES string of the molecule is C[C@H]1Cc2cc(O)ccc2[C@@H](c2ccc(OCCN3CC(CF)C3)cc2)N1S(C)(=O)=O. The Kier molecular flexibility index (Phi) is 6.23. The lowest BCUT2D eigenvalue weighted by Gasteiger charge is -2.40. The maximum atomic E-state index is 12.6. The third-order valence-electron chi connectivity index (χ3n) is 6.13. The molecule has 0 aliphatic carbocycles. The van der Waals surface area contributed by atoms with Crippen molar-refractivity contribution in [1.82, 2.24) is 9.21 Å². The van der Waals surface area contributed by atoms with Crippen molar-refractivity contribution >= 4 is 10.0 Å². The Morgan fingerprint density at radius 1 is 1.16 bits per heavy atom. The van der Waals surface area contributed by atoms with E-state index in [1.165, 1.54) is 6.26 Å². The average Bonchev–Trinajstić information content (AvgIpc) is 2.68. The Bertz CT molecular complexity index is 1020. The molecule has 0 bridgehead atoms. The smallest absolute Gasteiger partial charge is 0.212 e. The highest BCUT2D eigenvalue weighted by molar-refractivity contribution is 7.88. The minimum atomic E-state index is -3.45. The molecular weight excluding hydrogens is 419 g/mol. The van der Waals surface area contributed by atoms with Gasteiger partial charge in [0.15, 0.2) is 0 Å². The van der Waals surface area contributed by atoms with Gasteiger partial charge in [-0.2, -0.15) is 4.31 Å². The second-order valence-corrected chi connectivity index (χ2v) is 10.5. The van der Waals surface area contributed by atoms with Gasteiger partial charge in [-0.25, -0.2) is 8.42 Å². The van der Waals surface area contributed by atoms with E-state index < -0.39 is 16.1 Å². The van der Waals surface area contributed by atoms with Crippen molar-refractivity contribution in [2.75, 3.05) is 39.2 Å². The number of ether oxygens (including phenoxy) is 1. The van der Waals surface area contributed by atoms with Crippen LogP contribution in [0.5, 0.6) is 11.5 Å². The van der Waals surface area contributed by atoms with Gasteiger partial charge in [-0.3, -0.25) is 9.29 Å². The number of fused-ring (bicyclic) bond motifs is 1.